The van der Waals surface area contributed by atoms with Crippen molar-refractivity contribution in [1.82, 2.24) is 14.8 Å². The second-order valence-corrected chi connectivity index (χ2v) is 8.06. The van der Waals surface area contributed by atoms with E-state index in [9.17, 15) is 4.79 Å². The smallest absolute Gasteiger partial charge is 0.266 e. The number of amides is 1. The van der Waals surface area contributed by atoms with Crippen LogP contribution in [-0.2, 0) is 4.79 Å². The predicted molar refractivity (Wildman–Crippen MR) is 124 cm³/mol. The van der Waals surface area contributed by atoms with Crippen molar-refractivity contribution in [2.24, 2.45) is 0 Å². The highest BCUT2D eigenvalue weighted by Gasteiger charge is 2.20. The number of carbonyl (C=O) groups is 1. The third-order valence-electron chi connectivity index (χ3n) is 4.78. The summed E-state index contributed by atoms with van der Waals surface area (Å²) in [6.07, 6.45) is -0.798. The molecule has 2 aromatic heterocycles. The zero-order chi connectivity index (χ0) is 22.1. The fraction of sp³-hybridized carbons (Fsp3) is 0.174. The Kier molecular flexibility index (Phi) is 5.85. The molecule has 0 saturated heterocycles. The van der Waals surface area contributed by atoms with Crippen molar-refractivity contribution in [3.8, 4) is 11.6 Å². The van der Waals surface area contributed by atoms with E-state index in [4.69, 9.17) is 32.9 Å². The molecule has 4 aromatic rings. The number of carbonyl (C=O) groups excluding carboxylic acids is 1. The van der Waals surface area contributed by atoms with E-state index in [1.54, 1.807) is 35.9 Å². The molecule has 0 aliphatic carbocycles. The molecule has 0 aliphatic heterocycles. The number of nitrogens with zero attached hydrogens (tertiary/aromatic N) is 3. The maximum Gasteiger partial charge on any atom is 0.266 e. The first-order valence-corrected chi connectivity index (χ1v) is 10.4. The van der Waals surface area contributed by atoms with Gasteiger partial charge in [0.15, 0.2) is 11.9 Å². The lowest BCUT2D eigenvalue weighted by molar-refractivity contribution is -0.122. The van der Waals surface area contributed by atoms with Crippen molar-refractivity contribution in [2.75, 3.05) is 5.32 Å². The van der Waals surface area contributed by atoms with E-state index in [0.717, 1.165) is 22.2 Å². The maximum atomic E-state index is 12.8. The number of aryl methyl sites for hydroxylation is 2. The third kappa shape index (κ3) is 4.50. The lowest BCUT2D eigenvalue weighted by Gasteiger charge is -2.16. The van der Waals surface area contributed by atoms with Crippen LogP contribution >= 0.6 is 23.2 Å². The zero-order valence-corrected chi connectivity index (χ0v) is 18.7. The molecule has 2 heterocycles. The number of nitrogens with one attached hydrogen (secondary N) is 1. The van der Waals surface area contributed by atoms with Crippen LogP contribution in [0.15, 0.2) is 54.6 Å². The Morgan fingerprint density at radius 1 is 1.10 bits per heavy atom. The first kappa shape index (κ1) is 21.2. The molecule has 6 nitrogen and oxygen atoms in total. The minimum atomic E-state index is -0.798. The van der Waals surface area contributed by atoms with Gasteiger partial charge in [-0.25, -0.2) is 4.98 Å². The Morgan fingerprint density at radius 2 is 1.87 bits per heavy atom. The van der Waals surface area contributed by atoms with Crippen LogP contribution in [0.2, 0.25) is 10.0 Å². The van der Waals surface area contributed by atoms with Crippen LogP contribution in [0.1, 0.15) is 18.2 Å². The van der Waals surface area contributed by atoms with Crippen LogP contribution < -0.4 is 10.1 Å². The Morgan fingerprint density at radius 3 is 2.65 bits per heavy atom. The van der Waals surface area contributed by atoms with Crippen molar-refractivity contribution in [1.29, 1.82) is 0 Å². The molecule has 0 bridgehead atoms. The van der Waals surface area contributed by atoms with E-state index < -0.39 is 6.10 Å². The lowest BCUT2D eigenvalue weighted by atomic mass is 10.1. The second-order valence-electron chi connectivity index (χ2n) is 7.22. The summed E-state index contributed by atoms with van der Waals surface area (Å²) in [4.78, 5) is 17.5. The molecule has 31 heavy (non-hydrogen) atoms. The fourth-order valence-corrected chi connectivity index (χ4v) is 3.70. The summed E-state index contributed by atoms with van der Waals surface area (Å²) in [7, 11) is 0. The highest BCUT2D eigenvalue weighted by Crippen LogP contribution is 2.28. The van der Waals surface area contributed by atoms with Crippen LogP contribution in [0.5, 0.6) is 5.75 Å². The monoisotopic (exact) mass is 454 g/mol. The first-order valence-electron chi connectivity index (χ1n) is 9.68. The van der Waals surface area contributed by atoms with Gasteiger partial charge in [-0.05, 0) is 56.7 Å². The summed E-state index contributed by atoms with van der Waals surface area (Å²) < 4.78 is 7.34. The number of fused-ring (bicyclic) bond motifs is 1. The molecule has 0 spiro atoms. The van der Waals surface area contributed by atoms with Gasteiger partial charge in [0, 0.05) is 16.5 Å². The summed E-state index contributed by atoms with van der Waals surface area (Å²) in [5, 5.41) is 9.29. The summed E-state index contributed by atoms with van der Waals surface area (Å²) in [6, 6.07) is 16.5. The average molecular weight is 455 g/mol. The molecular weight excluding hydrogens is 435 g/mol. The predicted octanol–water partition coefficient (Wildman–Crippen LogP) is 5.75. The standard InChI is InChI=1S/C23H20Cl2N4O2/c1-13-10-21(26-19-7-5-4-6-17(13)19)29-22(11-14(2)28-29)27-23(30)15(3)31-20-9-8-16(24)12-18(20)25/h4-12,15H,1-3H3,(H,27,30). The highest BCUT2D eigenvalue weighted by atomic mass is 35.5. The van der Waals surface area contributed by atoms with Crippen molar-refractivity contribution in [3.63, 3.8) is 0 Å². The van der Waals surface area contributed by atoms with Gasteiger partial charge in [0.2, 0.25) is 0 Å². The number of hydrogen-bond acceptors (Lipinski definition) is 4. The van der Waals surface area contributed by atoms with Gasteiger partial charge in [0.25, 0.3) is 5.91 Å². The number of anilines is 1. The molecule has 0 saturated carbocycles. The van der Waals surface area contributed by atoms with Crippen LogP contribution in [0.3, 0.4) is 0 Å². The Hall–Kier alpha value is -3.09. The lowest BCUT2D eigenvalue weighted by Crippen LogP contribution is -2.31. The van der Waals surface area contributed by atoms with Crippen molar-refractivity contribution < 1.29 is 9.53 Å². The molecule has 0 radical (unpaired) electrons. The van der Waals surface area contributed by atoms with Gasteiger partial charge in [-0.2, -0.15) is 9.78 Å². The van der Waals surface area contributed by atoms with Gasteiger partial charge in [0.1, 0.15) is 11.6 Å². The molecule has 1 atom stereocenters. The largest absolute Gasteiger partial charge is 0.479 e. The third-order valence-corrected chi connectivity index (χ3v) is 5.31. The van der Waals surface area contributed by atoms with Gasteiger partial charge in [-0.1, -0.05) is 41.4 Å². The Bertz CT molecular complexity index is 1290. The SMILES string of the molecule is Cc1cc(NC(=O)C(C)Oc2ccc(Cl)cc2Cl)n(-c2cc(C)c3ccccc3n2)n1. The zero-order valence-electron chi connectivity index (χ0n) is 17.2. The van der Waals surface area contributed by atoms with Gasteiger partial charge >= 0.3 is 0 Å². The topological polar surface area (TPSA) is 69.0 Å². The van der Waals surface area contributed by atoms with Crippen molar-refractivity contribution >= 4 is 45.8 Å². The van der Waals surface area contributed by atoms with E-state index in [-0.39, 0.29) is 5.91 Å². The molecule has 1 N–H and O–H groups in total. The number of benzene rings is 2. The highest BCUT2D eigenvalue weighted by molar-refractivity contribution is 6.35. The molecule has 4 rings (SSSR count). The summed E-state index contributed by atoms with van der Waals surface area (Å²) in [5.74, 6) is 1.16. The van der Waals surface area contributed by atoms with Gasteiger partial charge in [-0.3, -0.25) is 4.79 Å². The quantitative estimate of drug-likeness (QED) is 0.416. The number of ether oxygens (including phenoxy) is 1. The molecule has 0 fully saturated rings. The Balaban J connectivity index is 1.59. The van der Waals surface area contributed by atoms with E-state index >= 15 is 0 Å². The van der Waals surface area contributed by atoms with Gasteiger partial charge < -0.3 is 10.1 Å². The van der Waals surface area contributed by atoms with Gasteiger partial charge in [0.05, 0.1) is 16.2 Å². The van der Waals surface area contributed by atoms with Crippen LogP contribution in [0, 0.1) is 13.8 Å². The molecule has 8 heteroatoms. The van der Waals surface area contributed by atoms with Crippen LogP contribution in [0.4, 0.5) is 5.82 Å². The molecule has 1 amide bonds. The van der Waals surface area contributed by atoms with Crippen molar-refractivity contribution in [2.45, 2.75) is 26.9 Å². The number of hydrogen-bond donors (Lipinski definition) is 1. The minimum Gasteiger partial charge on any atom is -0.479 e. The van der Waals surface area contributed by atoms with E-state index in [0.29, 0.717) is 27.4 Å². The summed E-state index contributed by atoms with van der Waals surface area (Å²) in [6.45, 7) is 5.52. The molecule has 158 valence electrons. The summed E-state index contributed by atoms with van der Waals surface area (Å²) >= 11 is 12.1. The summed E-state index contributed by atoms with van der Waals surface area (Å²) in [5.41, 5.74) is 2.68. The average Bonchev–Trinajstić information content (AvgIpc) is 3.10. The number of halogens is 2. The molecular formula is C23H20Cl2N4O2. The number of rotatable bonds is 5. The van der Waals surface area contributed by atoms with E-state index in [2.05, 4.69) is 10.4 Å². The van der Waals surface area contributed by atoms with E-state index in [1.165, 1.54) is 0 Å². The maximum absolute atomic E-state index is 12.8. The molecule has 0 aliphatic rings. The Labute approximate surface area is 189 Å². The van der Waals surface area contributed by atoms with Gasteiger partial charge in [-0.15, -0.1) is 0 Å². The second kappa shape index (κ2) is 8.57. The number of para-hydroxylation sites is 1. The first-order chi connectivity index (χ1) is 14.8. The molecule has 1 unspecified atom stereocenters. The molecule has 2 aromatic carbocycles. The van der Waals surface area contributed by atoms with Crippen molar-refractivity contribution in [3.05, 3.63) is 75.9 Å². The fourth-order valence-electron chi connectivity index (χ4n) is 3.25. The number of aromatic nitrogens is 3. The van der Waals surface area contributed by atoms with Crippen LogP contribution in [0.25, 0.3) is 16.7 Å². The van der Waals surface area contributed by atoms with Crippen LogP contribution in [-0.4, -0.2) is 26.8 Å². The number of pyridine rings is 1. The minimum absolute atomic E-state index is 0.337. The normalized spacial score (nSPS) is 12.0. The van der Waals surface area contributed by atoms with E-state index in [1.807, 2.05) is 44.2 Å².